The van der Waals surface area contributed by atoms with Crippen molar-refractivity contribution in [2.75, 3.05) is 0 Å². The van der Waals surface area contributed by atoms with Gasteiger partial charge in [0.1, 0.15) is 0 Å². The molecule has 31 heavy (non-hydrogen) atoms. The molecule has 0 radical (unpaired) electrons. The Morgan fingerprint density at radius 1 is 0.903 bits per heavy atom. The molecule has 5 rings (SSSR count). The van der Waals surface area contributed by atoms with E-state index in [1.807, 2.05) is 60.0 Å². The van der Waals surface area contributed by atoms with Crippen molar-refractivity contribution in [2.24, 2.45) is 14.1 Å². The second kappa shape index (κ2) is 7.05. The molecule has 0 aliphatic rings. The second-order valence-electron chi connectivity index (χ2n) is 7.62. The van der Waals surface area contributed by atoms with Crippen molar-refractivity contribution in [3.63, 3.8) is 0 Å². The van der Waals surface area contributed by atoms with Gasteiger partial charge in [0.2, 0.25) is 5.78 Å². The number of fused-ring (bicyclic) bond motifs is 3. The number of rotatable bonds is 3. The quantitative estimate of drug-likeness (QED) is 0.399. The molecule has 0 bridgehead atoms. The van der Waals surface area contributed by atoms with Crippen molar-refractivity contribution < 1.29 is 0 Å². The summed E-state index contributed by atoms with van der Waals surface area (Å²) in [5, 5.41) is 8.82. The number of imidazole rings is 1. The second-order valence-corrected chi connectivity index (χ2v) is 8.53. The van der Waals surface area contributed by atoms with Crippen LogP contribution in [0, 0.1) is 6.92 Å². The van der Waals surface area contributed by atoms with Crippen LogP contribution in [-0.2, 0) is 20.6 Å². The molecule has 156 valence electrons. The molecule has 0 saturated carbocycles. The summed E-state index contributed by atoms with van der Waals surface area (Å²) < 4.78 is 7.19. The monoisotopic (exact) mass is 478 g/mol. The summed E-state index contributed by atoms with van der Waals surface area (Å²) in [5.74, 6) is 1.09. The zero-order valence-electron chi connectivity index (χ0n) is 17.2. The lowest BCUT2D eigenvalue weighted by atomic mass is 10.1. The van der Waals surface area contributed by atoms with E-state index in [9.17, 15) is 9.59 Å². The number of aryl methyl sites for hydroxylation is 2. The molecule has 0 fully saturated rings. The number of aromatic nitrogens is 6. The minimum atomic E-state index is -0.399. The van der Waals surface area contributed by atoms with Gasteiger partial charge >= 0.3 is 5.69 Å². The van der Waals surface area contributed by atoms with Gasteiger partial charge < -0.3 is 0 Å². The van der Waals surface area contributed by atoms with Crippen molar-refractivity contribution in [3.8, 4) is 11.4 Å². The van der Waals surface area contributed by atoms with Crippen LogP contribution >= 0.6 is 15.9 Å². The number of halogens is 1. The fourth-order valence-electron chi connectivity index (χ4n) is 3.87. The molecule has 0 aliphatic heterocycles. The first-order valence-corrected chi connectivity index (χ1v) is 10.5. The maximum Gasteiger partial charge on any atom is 0.332 e. The Morgan fingerprint density at radius 2 is 1.58 bits per heavy atom. The van der Waals surface area contributed by atoms with Crippen LogP contribution in [0.1, 0.15) is 11.1 Å². The molecule has 0 spiro atoms. The molecule has 8 nitrogen and oxygen atoms in total. The Labute approximate surface area is 185 Å². The van der Waals surface area contributed by atoms with Gasteiger partial charge in [-0.2, -0.15) is 0 Å². The highest BCUT2D eigenvalue weighted by molar-refractivity contribution is 9.10. The predicted octanol–water partition coefficient (Wildman–Crippen LogP) is 2.87. The maximum absolute atomic E-state index is 13.2. The van der Waals surface area contributed by atoms with Crippen molar-refractivity contribution in [1.82, 2.24) is 28.3 Å². The Bertz CT molecular complexity index is 1570. The molecule has 0 saturated heterocycles. The van der Waals surface area contributed by atoms with Crippen LogP contribution in [0.5, 0.6) is 0 Å². The normalized spacial score (nSPS) is 11.6. The number of hydrogen-bond acceptors (Lipinski definition) is 4. The Morgan fingerprint density at radius 3 is 2.26 bits per heavy atom. The third-order valence-corrected chi connectivity index (χ3v) is 6.07. The van der Waals surface area contributed by atoms with Gasteiger partial charge in [-0.25, -0.2) is 9.20 Å². The lowest BCUT2D eigenvalue weighted by Gasteiger charge is -2.08. The van der Waals surface area contributed by atoms with Gasteiger partial charge in [0.05, 0.1) is 6.54 Å². The molecular formula is C22H19BrN6O2. The standard InChI is InChI=1S/C22H19BrN6O2/c1-13-4-8-15(9-5-13)18-24-25-21-28(12-14-6-10-16(23)11-7-14)17-19(29(18)21)26(2)22(31)27(3)20(17)30/h4-11H,12H2,1-3H3. The highest BCUT2D eigenvalue weighted by atomic mass is 79.9. The number of nitrogens with zero attached hydrogens (tertiary/aromatic N) is 6. The van der Waals surface area contributed by atoms with Gasteiger partial charge in [-0.1, -0.05) is 57.9 Å². The molecule has 5 aromatic rings. The molecule has 0 unspecified atom stereocenters. The molecule has 2 aromatic carbocycles. The first-order chi connectivity index (χ1) is 14.9. The van der Waals surface area contributed by atoms with Crippen LogP contribution < -0.4 is 11.2 Å². The largest absolute Gasteiger partial charge is 0.332 e. The Kier molecular flexibility index (Phi) is 4.44. The summed E-state index contributed by atoms with van der Waals surface area (Å²) in [7, 11) is 3.15. The number of hydrogen-bond donors (Lipinski definition) is 0. The van der Waals surface area contributed by atoms with Gasteiger partial charge in [0, 0.05) is 24.1 Å². The number of benzene rings is 2. The zero-order valence-corrected chi connectivity index (χ0v) is 18.8. The lowest BCUT2D eigenvalue weighted by Crippen LogP contribution is -2.37. The van der Waals surface area contributed by atoms with E-state index < -0.39 is 5.69 Å². The molecule has 3 heterocycles. The lowest BCUT2D eigenvalue weighted by molar-refractivity contribution is 0.700. The van der Waals surface area contributed by atoms with Gasteiger partial charge in [-0.05, 0) is 24.6 Å². The minimum Gasteiger partial charge on any atom is -0.298 e. The van der Waals surface area contributed by atoms with Crippen LogP contribution in [0.4, 0.5) is 0 Å². The molecule has 0 amide bonds. The summed E-state index contributed by atoms with van der Waals surface area (Å²) in [4.78, 5) is 25.9. The predicted molar refractivity (Wildman–Crippen MR) is 122 cm³/mol. The zero-order chi connectivity index (χ0) is 21.9. The van der Waals surface area contributed by atoms with E-state index in [0.717, 1.165) is 25.7 Å². The Balaban J connectivity index is 1.89. The van der Waals surface area contributed by atoms with Crippen LogP contribution in [0.25, 0.3) is 28.3 Å². The topological polar surface area (TPSA) is 79.1 Å². The summed E-state index contributed by atoms with van der Waals surface area (Å²) >= 11 is 3.45. The van der Waals surface area contributed by atoms with Crippen molar-refractivity contribution >= 4 is 32.9 Å². The van der Waals surface area contributed by atoms with Crippen LogP contribution in [0.3, 0.4) is 0 Å². The van der Waals surface area contributed by atoms with Crippen molar-refractivity contribution in [2.45, 2.75) is 13.5 Å². The minimum absolute atomic E-state index is 0.365. The third-order valence-electron chi connectivity index (χ3n) is 5.54. The average molecular weight is 479 g/mol. The fourth-order valence-corrected chi connectivity index (χ4v) is 4.13. The van der Waals surface area contributed by atoms with Gasteiger partial charge in [-0.3, -0.25) is 18.5 Å². The highest BCUT2D eigenvalue weighted by Gasteiger charge is 2.24. The van der Waals surface area contributed by atoms with Gasteiger partial charge in [0.25, 0.3) is 5.56 Å². The van der Waals surface area contributed by atoms with E-state index in [4.69, 9.17) is 0 Å². The first kappa shape index (κ1) is 19.5. The van der Waals surface area contributed by atoms with E-state index in [1.54, 1.807) is 11.4 Å². The van der Waals surface area contributed by atoms with E-state index in [1.165, 1.54) is 11.6 Å². The summed E-state index contributed by atoms with van der Waals surface area (Å²) in [6.45, 7) is 2.43. The van der Waals surface area contributed by atoms with Crippen molar-refractivity contribution in [3.05, 3.63) is 85.0 Å². The first-order valence-electron chi connectivity index (χ1n) is 9.71. The van der Waals surface area contributed by atoms with E-state index in [2.05, 4.69) is 26.1 Å². The van der Waals surface area contributed by atoms with Gasteiger partial charge in [-0.15, -0.1) is 10.2 Å². The summed E-state index contributed by atoms with van der Waals surface area (Å²) in [5.41, 5.74) is 3.10. The van der Waals surface area contributed by atoms with Crippen LogP contribution in [0.2, 0.25) is 0 Å². The average Bonchev–Trinajstić information content (AvgIpc) is 3.32. The molecule has 0 aliphatic carbocycles. The fraction of sp³-hybridized carbons (Fsp3) is 0.182. The molecule has 9 heteroatoms. The van der Waals surface area contributed by atoms with E-state index >= 15 is 0 Å². The smallest absolute Gasteiger partial charge is 0.298 e. The van der Waals surface area contributed by atoms with Crippen molar-refractivity contribution in [1.29, 1.82) is 0 Å². The molecule has 3 aromatic heterocycles. The summed E-state index contributed by atoms with van der Waals surface area (Å²) in [6, 6.07) is 15.8. The van der Waals surface area contributed by atoms with Crippen LogP contribution in [-0.4, -0.2) is 28.3 Å². The molecule has 0 N–H and O–H groups in total. The Hall–Kier alpha value is -3.46. The molecular weight excluding hydrogens is 460 g/mol. The van der Waals surface area contributed by atoms with E-state index in [0.29, 0.717) is 29.3 Å². The van der Waals surface area contributed by atoms with Crippen LogP contribution in [0.15, 0.2) is 62.6 Å². The van der Waals surface area contributed by atoms with E-state index in [-0.39, 0.29) is 5.56 Å². The molecule has 0 atom stereocenters. The maximum atomic E-state index is 13.2. The third kappa shape index (κ3) is 2.96. The summed E-state index contributed by atoms with van der Waals surface area (Å²) in [6.07, 6.45) is 0. The van der Waals surface area contributed by atoms with Gasteiger partial charge in [0.15, 0.2) is 17.0 Å². The SMILES string of the molecule is Cc1ccc(-c2nnc3n(Cc4ccc(Br)cc4)c4c(=O)n(C)c(=O)n(C)c4n23)cc1. The highest BCUT2D eigenvalue weighted by Crippen LogP contribution is 2.25.